The minimum atomic E-state index is -1.19. The number of halogens is 1. The molecule has 6 nitrogen and oxygen atoms in total. The summed E-state index contributed by atoms with van der Waals surface area (Å²) in [4.78, 5) is 14.5. The van der Waals surface area contributed by atoms with Gasteiger partial charge in [-0.2, -0.15) is 0 Å². The van der Waals surface area contributed by atoms with Crippen molar-refractivity contribution in [2.75, 3.05) is 20.2 Å². The number of hydrogen-bond acceptors (Lipinski definition) is 4. The van der Waals surface area contributed by atoms with Crippen LogP contribution in [0.3, 0.4) is 0 Å². The maximum Gasteiger partial charge on any atom is 0.330 e. The molecule has 0 aromatic heterocycles. The number of methoxy groups -OCH3 is 1. The van der Waals surface area contributed by atoms with Crippen LogP contribution in [-0.4, -0.2) is 26.2 Å². The molecule has 0 fully saturated rings. The van der Waals surface area contributed by atoms with Gasteiger partial charge in [0.05, 0.1) is 7.11 Å². The minimum Gasteiger partial charge on any atom is -0.467 e. The van der Waals surface area contributed by atoms with Crippen molar-refractivity contribution in [2.45, 2.75) is 12.5 Å². The van der Waals surface area contributed by atoms with E-state index in [0.29, 0.717) is 5.56 Å². The van der Waals surface area contributed by atoms with E-state index in [1.807, 2.05) is 0 Å². The van der Waals surface area contributed by atoms with Gasteiger partial charge in [-0.3, -0.25) is 5.32 Å². The Hall–Kier alpha value is -2.11. The summed E-state index contributed by atoms with van der Waals surface area (Å²) in [6.07, 6.45) is 0. The fraction of sp³-hybridized carbons (Fsp3) is 0.417. The summed E-state index contributed by atoms with van der Waals surface area (Å²) >= 11 is 0. The lowest BCUT2D eigenvalue weighted by atomic mass is 9.92. The largest absolute Gasteiger partial charge is 0.467 e. The molecule has 0 amide bonds. The zero-order valence-electron chi connectivity index (χ0n) is 10.8. The molecule has 0 saturated carbocycles. The summed E-state index contributed by atoms with van der Waals surface area (Å²) < 4.78 is 18.0. The third kappa shape index (κ3) is 3.67. The Kier molecular flexibility index (Phi) is 5.29. The van der Waals surface area contributed by atoms with Crippen LogP contribution in [-0.2, 0) is 15.1 Å². The highest BCUT2D eigenvalue weighted by Crippen LogP contribution is 2.23. The van der Waals surface area contributed by atoms with Crippen LogP contribution in [0.1, 0.15) is 12.5 Å². The summed E-state index contributed by atoms with van der Waals surface area (Å²) in [5.74, 6) is -0.983. The highest BCUT2D eigenvalue weighted by molar-refractivity contribution is 5.82. The predicted octanol–water partition coefficient (Wildman–Crippen LogP) is 2.11. The molecule has 0 radical (unpaired) electrons. The molecular weight excluding hydrogens is 251 g/mol. The van der Waals surface area contributed by atoms with Crippen molar-refractivity contribution in [3.8, 4) is 0 Å². The van der Waals surface area contributed by atoms with Gasteiger partial charge >= 0.3 is 5.97 Å². The van der Waals surface area contributed by atoms with Gasteiger partial charge in [0, 0.05) is 18.0 Å². The van der Waals surface area contributed by atoms with Gasteiger partial charge < -0.3 is 4.74 Å². The zero-order chi connectivity index (χ0) is 14.3. The van der Waals surface area contributed by atoms with Crippen molar-refractivity contribution in [2.24, 2.45) is 5.11 Å². The summed E-state index contributed by atoms with van der Waals surface area (Å²) in [5.41, 5.74) is 7.45. The van der Waals surface area contributed by atoms with Crippen molar-refractivity contribution >= 4 is 5.97 Å². The van der Waals surface area contributed by atoms with Gasteiger partial charge in [0.15, 0.2) is 0 Å². The number of benzene rings is 1. The van der Waals surface area contributed by atoms with Gasteiger partial charge in [0.2, 0.25) is 0 Å². The van der Waals surface area contributed by atoms with E-state index in [2.05, 4.69) is 15.3 Å². The summed E-state index contributed by atoms with van der Waals surface area (Å²) in [7, 11) is 1.26. The number of ether oxygens (including phenoxy) is 1. The van der Waals surface area contributed by atoms with Crippen molar-refractivity contribution in [3.05, 3.63) is 46.1 Å². The Morgan fingerprint density at radius 3 is 2.95 bits per heavy atom. The Bertz CT molecular complexity index is 502. The molecular formula is C12H15FN4O2. The first-order chi connectivity index (χ1) is 9.04. The molecule has 0 aliphatic carbocycles. The molecule has 7 heteroatoms. The third-order valence-electron chi connectivity index (χ3n) is 2.75. The first-order valence-corrected chi connectivity index (χ1v) is 5.65. The molecule has 102 valence electrons. The molecule has 0 heterocycles. The van der Waals surface area contributed by atoms with E-state index in [-0.39, 0.29) is 13.1 Å². The van der Waals surface area contributed by atoms with Gasteiger partial charge in [-0.1, -0.05) is 17.2 Å². The van der Waals surface area contributed by atoms with E-state index in [0.717, 1.165) is 0 Å². The molecule has 0 aliphatic rings. The van der Waals surface area contributed by atoms with Crippen LogP contribution in [0, 0.1) is 5.82 Å². The Morgan fingerprint density at radius 1 is 1.63 bits per heavy atom. The van der Waals surface area contributed by atoms with E-state index >= 15 is 0 Å². The number of nitrogens with one attached hydrogen (secondary N) is 1. The van der Waals surface area contributed by atoms with E-state index in [4.69, 9.17) is 10.3 Å². The SMILES string of the molecule is COC(=O)C(C)(NCCN=[N+]=[N-])c1cccc(F)c1. The van der Waals surface area contributed by atoms with E-state index in [9.17, 15) is 9.18 Å². The second-order valence-electron chi connectivity index (χ2n) is 4.01. The molecule has 0 aliphatic heterocycles. The lowest BCUT2D eigenvalue weighted by Gasteiger charge is -2.28. The number of azide groups is 1. The van der Waals surface area contributed by atoms with E-state index in [1.165, 1.54) is 25.3 Å². The molecule has 1 aromatic rings. The van der Waals surface area contributed by atoms with Gasteiger partial charge in [-0.25, -0.2) is 9.18 Å². The van der Waals surface area contributed by atoms with E-state index in [1.54, 1.807) is 13.0 Å². The van der Waals surface area contributed by atoms with Crippen molar-refractivity contribution in [3.63, 3.8) is 0 Å². The first-order valence-electron chi connectivity index (χ1n) is 5.65. The molecule has 1 atom stereocenters. The molecule has 1 aromatic carbocycles. The van der Waals surface area contributed by atoms with Gasteiger partial charge in [-0.05, 0) is 30.2 Å². The molecule has 0 bridgehead atoms. The second-order valence-corrected chi connectivity index (χ2v) is 4.01. The first kappa shape index (κ1) is 14.9. The van der Waals surface area contributed by atoms with E-state index < -0.39 is 17.3 Å². The van der Waals surface area contributed by atoms with Crippen LogP contribution in [0.15, 0.2) is 29.4 Å². The minimum absolute atomic E-state index is 0.179. The number of nitrogens with zero attached hydrogens (tertiary/aromatic N) is 3. The number of hydrogen-bond donors (Lipinski definition) is 1. The Labute approximate surface area is 110 Å². The summed E-state index contributed by atoms with van der Waals surface area (Å²) in [6.45, 7) is 2.04. The Balaban J connectivity index is 2.98. The molecule has 1 unspecified atom stereocenters. The number of esters is 1. The summed E-state index contributed by atoms with van der Waals surface area (Å²) in [5, 5.41) is 6.28. The van der Waals surface area contributed by atoms with Crippen molar-refractivity contribution in [1.29, 1.82) is 0 Å². The highest BCUT2D eigenvalue weighted by Gasteiger charge is 2.35. The lowest BCUT2D eigenvalue weighted by Crippen LogP contribution is -2.48. The monoisotopic (exact) mass is 266 g/mol. The third-order valence-corrected chi connectivity index (χ3v) is 2.75. The van der Waals surface area contributed by atoms with Gasteiger partial charge in [0.1, 0.15) is 11.4 Å². The topological polar surface area (TPSA) is 87.1 Å². The molecule has 0 spiro atoms. The maximum absolute atomic E-state index is 13.3. The maximum atomic E-state index is 13.3. The van der Waals surface area contributed by atoms with Crippen molar-refractivity contribution < 1.29 is 13.9 Å². The van der Waals surface area contributed by atoms with Crippen LogP contribution >= 0.6 is 0 Å². The highest BCUT2D eigenvalue weighted by atomic mass is 19.1. The molecule has 1 rings (SSSR count). The normalized spacial score (nSPS) is 13.2. The van der Waals surface area contributed by atoms with Gasteiger partial charge in [-0.15, -0.1) is 0 Å². The quantitative estimate of drug-likeness (QED) is 0.281. The van der Waals surface area contributed by atoms with Crippen LogP contribution < -0.4 is 5.32 Å². The average molecular weight is 266 g/mol. The zero-order valence-corrected chi connectivity index (χ0v) is 10.8. The number of carbonyl (C=O) groups is 1. The average Bonchev–Trinajstić information content (AvgIpc) is 2.42. The van der Waals surface area contributed by atoms with Crippen LogP contribution in [0.2, 0.25) is 0 Å². The lowest BCUT2D eigenvalue weighted by molar-refractivity contribution is -0.148. The predicted molar refractivity (Wildman–Crippen MR) is 67.8 cm³/mol. The molecule has 19 heavy (non-hydrogen) atoms. The van der Waals surface area contributed by atoms with Crippen molar-refractivity contribution in [1.82, 2.24) is 5.32 Å². The summed E-state index contributed by atoms with van der Waals surface area (Å²) in [6, 6.07) is 5.69. The standard InChI is InChI=1S/C12H15FN4O2/c1-12(11(18)19-2,15-6-7-16-17-14)9-4-3-5-10(13)8-9/h3-5,8,15H,6-7H2,1-2H3. The number of carbonyl (C=O) groups excluding carboxylic acids is 1. The van der Waals surface area contributed by atoms with Gasteiger partial charge in [0.25, 0.3) is 0 Å². The fourth-order valence-corrected chi connectivity index (χ4v) is 1.70. The van der Waals surface area contributed by atoms with Crippen LogP contribution in [0.5, 0.6) is 0 Å². The second kappa shape index (κ2) is 6.72. The fourth-order valence-electron chi connectivity index (χ4n) is 1.70. The Morgan fingerprint density at radius 2 is 2.37 bits per heavy atom. The smallest absolute Gasteiger partial charge is 0.330 e. The molecule has 1 N–H and O–H groups in total. The van der Waals surface area contributed by atoms with Crippen LogP contribution in [0.25, 0.3) is 10.4 Å². The molecule has 0 saturated heterocycles. The van der Waals surface area contributed by atoms with Crippen LogP contribution in [0.4, 0.5) is 4.39 Å². The number of rotatable bonds is 6.